The van der Waals surface area contributed by atoms with E-state index in [9.17, 15) is 5.48 Å². The first-order valence-corrected chi connectivity index (χ1v) is 15.5. The molecule has 0 amide bonds. The Morgan fingerprint density at radius 1 is 0.362 bits per heavy atom. The van der Waals surface area contributed by atoms with Gasteiger partial charge >= 0.3 is 0 Å². The largest absolute Gasteiger partial charge is 0.456 e. The molecule has 1 heteroatoms. The third-order valence-electron chi connectivity index (χ3n) is 9.32. The molecule has 0 fully saturated rings. The minimum atomic E-state index is -0.428. The molecule has 47 heavy (non-hydrogen) atoms. The lowest BCUT2D eigenvalue weighted by Crippen LogP contribution is -1.93. The summed E-state index contributed by atoms with van der Waals surface area (Å²) in [6, 6.07) is 36.2. The van der Waals surface area contributed by atoms with Crippen LogP contribution in [0.4, 0.5) is 0 Å². The van der Waals surface area contributed by atoms with E-state index in [-0.39, 0.29) is 45.7 Å². The van der Waals surface area contributed by atoms with E-state index in [1.165, 1.54) is 0 Å². The normalized spacial score (nSPS) is 14.2. The molecular weight excluding hydrogens is 569 g/mol. The van der Waals surface area contributed by atoms with Gasteiger partial charge in [-0.25, -0.2) is 0 Å². The van der Waals surface area contributed by atoms with Crippen LogP contribution in [0.1, 0.15) is 11.0 Å². The third kappa shape index (κ3) is 3.90. The van der Waals surface area contributed by atoms with Crippen molar-refractivity contribution in [3.8, 4) is 33.4 Å². The van der Waals surface area contributed by atoms with Gasteiger partial charge in [0.1, 0.15) is 11.2 Å². The zero-order chi connectivity index (χ0) is 37.9. The van der Waals surface area contributed by atoms with Crippen molar-refractivity contribution < 1.29 is 15.4 Å². The van der Waals surface area contributed by atoms with Crippen LogP contribution in [0.2, 0.25) is 0 Å². The number of hydrogen-bond donors (Lipinski definition) is 0. The highest BCUT2D eigenvalue weighted by molar-refractivity contribution is 6.25. The van der Waals surface area contributed by atoms with Gasteiger partial charge in [-0.2, -0.15) is 0 Å². The highest BCUT2D eigenvalue weighted by atomic mass is 16.3. The summed E-state index contributed by atoms with van der Waals surface area (Å²) >= 11 is 0. The van der Waals surface area contributed by atoms with Gasteiger partial charge in [0.15, 0.2) is 0 Å². The van der Waals surface area contributed by atoms with Gasteiger partial charge < -0.3 is 4.42 Å². The van der Waals surface area contributed by atoms with Gasteiger partial charge in [-0.15, -0.1) is 0 Å². The second-order valence-electron chi connectivity index (χ2n) is 11.8. The van der Waals surface area contributed by atoms with Crippen molar-refractivity contribution in [2.24, 2.45) is 0 Å². The Morgan fingerprint density at radius 3 is 1.57 bits per heavy atom. The molecule has 9 aromatic carbocycles. The van der Waals surface area contributed by atoms with E-state index in [1.807, 2.05) is 109 Å². The average Bonchev–Trinajstić information content (AvgIpc) is 3.60. The monoisotopic (exact) mass is 604 g/mol. The molecule has 0 bridgehead atoms. The Morgan fingerprint density at radius 2 is 0.872 bits per heavy atom. The van der Waals surface area contributed by atoms with Crippen molar-refractivity contribution in [3.05, 3.63) is 170 Å². The van der Waals surface area contributed by atoms with Crippen molar-refractivity contribution in [1.82, 2.24) is 0 Å². The average molecular weight is 605 g/mol. The molecule has 218 valence electrons. The molecule has 10 rings (SSSR count). The lowest BCUT2D eigenvalue weighted by molar-refractivity contribution is 0.669. The van der Waals surface area contributed by atoms with E-state index >= 15 is 0 Å². The molecule has 1 aromatic heterocycles. The zero-order valence-corrected chi connectivity index (χ0v) is 25.0. The molecule has 1 heterocycles. The fourth-order valence-corrected chi connectivity index (χ4v) is 7.27. The molecule has 1 nitrogen and oxygen atoms in total. The zero-order valence-electron chi connectivity index (χ0n) is 33.0. The number of furan rings is 1. The summed E-state index contributed by atoms with van der Waals surface area (Å²) < 4.78 is 79.4. The second-order valence-corrected chi connectivity index (χ2v) is 11.8. The van der Waals surface area contributed by atoms with Gasteiger partial charge in [0.2, 0.25) is 0 Å². The maximum Gasteiger partial charge on any atom is 0.136 e. The smallest absolute Gasteiger partial charge is 0.136 e. The topological polar surface area (TPSA) is 13.1 Å². The van der Waals surface area contributed by atoms with Gasteiger partial charge in [-0.1, -0.05) is 151 Å². The summed E-state index contributed by atoms with van der Waals surface area (Å²) in [5, 5.41) is 6.09. The highest BCUT2D eigenvalue weighted by Crippen LogP contribution is 2.47. The Hall–Kier alpha value is -6.18. The Kier molecular flexibility index (Phi) is 4.19. The van der Waals surface area contributed by atoms with Crippen LogP contribution in [-0.2, 0) is 0 Å². The molecule has 0 aliphatic carbocycles. The molecule has 0 aliphatic heterocycles. The molecular formula is C46H28O. The van der Waals surface area contributed by atoms with Gasteiger partial charge in [0.25, 0.3) is 0 Å². The van der Waals surface area contributed by atoms with E-state index in [0.29, 0.717) is 22.3 Å². The fraction of sp³-hybridized carbons (Fsp3) is 0. The summed E-state index contributed by atoms with van der Waals surface area (Å²) in [5.41, 5.74) is 5.22. The van der Waals surface area contributed by atoms with Gasteiger partial charge in [0, 0.05) is 10.8 Å². The van der Waals surface area contributed by atoms with Crippen LogP contribution in [0.15, 0.2) is 174 Å². The van der Waals surface area contributed by atoms with Crippen LogP contribution in [-0.4, -0.2) is 0 Å². The van der Waals surface area contributed by atoms with Crippen molar-refractivity contribution in [2.75, 3.05) is 0 Å². The van der Waals surface area contributed by atoms with Crippen LogP contribution in [0, 0.1) is 0 Å². The third-order valence-corrected chi connectivity index (χ3v) is 9.32. The van der Waals surface area contributed by atoms with E-state index in [0.717, 1.165) is 54.6 Å². The summed E-state index contributed by atoms with van der Waals surface area (Å²) in [7, 11) is 0. The predicted octanol–water partition coefficient (Wildman–Crippen LogP) is 13.2. The summed E-state index contributed by atoms with van der Waals surface area (Å²) in [4.78, 5) is 0. The van der Waals surface area contributed by atoms with Crippen molar-refractivity contribution in [1.29, 1.82) is 0 Å². The molecule has 10 aromatic rings. The Bertz CT molecular complexity index is 3220. The number of hydrogen-bond acceptors (Lipinski definition) is 1. The highest BCUT2D eigenvalue weighted by Gasteiger charge is 2.20. The van der Waals surface area contributed by atoms with E-state index in [4.69, 9.17) is 9.90 Å². The van der Waals surface area contributed by atoms with Crippen molar-refractivity contribution >= 4 is 65.0 Å². The minimum Gasteiger partial charge on any atom is -0.456 e. The molecule has 0 radical (unpaired) electrons. The quantitative estimate of drug-likeness (QED) is 0.183. The van der Waals surface area contributed by atoms with E-state index in [2.05, 4.69) is 12.1 Å². The summed E-state index contributed by atoms with van der Waals surface area (Å²) in [6.07, 6.45) is 0. The maximum absolute atomic E-state index is 9.45. The SMILES string of the molecule is [2H]c1c([2H])c([2H])c2c(-c3ccc(-c4ccc5c(c4)oc4ccccc45)c4ccccc34)c3c([2H])c([2H])c([2H])c([2H])c3c(-c3cccc4ccccc34)c2c1[2H]. The first kappa shape index (κ1) is 19.4. The fourth-order valence-electron chi connectivity index (χ4n) is 7.27. The Balaban J connectivity index is 1.38. The van der Waals surface area contributed by atoms with Crippen LogP contribution in [0.3, 0.4) is 0 Å². The standard InChI is InChI=1S/C46H28O/c1-2-14-31-29(12-1)13-11-22-37(31)45-38-18-5-7-20-40(38)46(41-21-8-6-19-39(41)45)42-27-26-32(33-15-3-4-16-34(33)42)30-24-25-36-35-17-9-10-23-43(35)47-44(36)28-30/h1-28H/i5D,6D,7D,8D,18D,19D,20D,21D. The lowest BCUT2D eigenvalue weighted by Gasteiger charge is -2.20. The Labute approximate surface area is 283 Å². The van der Waals surface area contributed by atoms with Crippen LogP contribution < -0.4 is 0 Å². The van der Waals surface area contributed by atoms with Crippen LogP contribution in [0.5, 0.6) is 0 Å². The first-order valence-electron chi connectivity index (χ1n) is 19.5. The molecule has 0 saturated heterocycles. The maximum atomic E-state index is 9.45. The van der Waals surface area contributed by atoms with E-state index in [1.54, 1.807) is 0 Å². The van der Waals surface area contributed by atoms with Crippen molar-refractivity contribution in [3.63, 3.8) is 0 Å². The minimum absolute atomic E-state index is 0.188. The summed E-state index contributed by atoms with van der Waals surface area (Å²) in [5.74, 6) is 0. The summed E-state index contributed by atoms with van der Waals surface area (Å²) in [6.45, 7) is 0. The van der Waals surface area contributed by atoms with Gasteiger partial charge in [-0.05, 0) is 94.7 Å². The van der Waals surface area contributed by atoms with Gasteiger partial charge in [0.05, 0.1) is 11.0 Å². The lowest BCUT2D eigenvalue weighted by atomic mass is 9.83. The molecule has 0 atom stereocenters. The van der Waals surface area contributed by atoms with Crippen molar-refractivity contribution in [2.45, 2.75) is 0 Å². The second kappa shape index (κ2) is 10.2. The van der Waals surface area contributed by atoms with Crippen LogP contribution in [0.25, 0.3) is 98.4 Å². The van der Waals surface area contributed by atoms with E-state index < -0.39 is 24.2 Å². The van der Waals surface area contributed by atoms with Crippen LogP contribution >= 0.6 is 0 Å². The van der Waals surface area contributed by atoms with Gasteiger partial charge in [-0.3, -0.25) is 0 Å². The first-order chi connectivity index (χ1) is 26.7. The number of fused-ring (bicyclic) bond motifs is 7. The molecule has 0 saturated carbocycles. The molecule has 0 unspecified atom stereocenters. The number of para-hydroxylation sites is 1. The predicted molar refractivity (Wildman–Crippen MR) is 200 cm³/mol. The molecule has 0 spiro atoms. The number of rotatable bonds is 3. The molecule has 0 N–H and O–H groups in total. The molecule has 0 aliphatic rings. The number of benzene rings is 9.